The first-order valence-corrected chi connectivity index (χ1v) is 4.95. The SMILES string of the molecule is Fc1cc(F)c(NCc2ccccn2)cc1F. The van der Waals surface area contributed by atoms with Crippen LogP contribution in [0.2, 0.25) is 0 Å². The molecule has 5 heteroatoms. The van der Waals surface area contributed by atoms with E-state index < -0.39 is 17.5 Å². The molecule has 0 saturated carbocycles. The van der Waals surface area contributed by atoms with E-state index in [0.29, 0.717) is 11.8 Å². The number of benzene rings is 1. The zero-order chi connectivity index (χ0) is 12.3. The zero-order valence-electron chi connectivity index (χ0n) is 8.75. The Labute approximate surface area is 96.1 Å². The summed E-state index contributed by atoms with van der Waals surface area (Å²) in [5, 5.41) is 2.65. The molecule has 1 heterocycles. The van der Waals surface area contributed by atoms with Crippen molar-refractivity contribution in [3.05, 3.63) is 59.7 Å². The van der Waals surface area contributed by atoms with E-state index in [-0.39, 0.29) is 12.2 Å². The van der Waals surface area contributed by atoms with E-state index in [0.717, 1.165) is 6.07 Å². The predicted octanol–water partition coefficient (Wildman–Crippen LogP) is 3.11. The number of rotatable bonds is 3. The molecular weight excluding hydrogens is 229 g/mol. The highest BCUT2D eigenvalue weighted by Gasteiger charge is 2.09. The van der Waals surface area contributed by atoms with Gasteiger partial charge in [-0.2, -0.15) is 0 Å². The Balaban J connectivity index is 2.12. The maximum Gasteiger partial charge on any atom is 0.161 e. The molecule has 17 heavy (non-hydrogen) atoms. The van der Waals surface area contributed by atoms with Crippen molar-refractivity contribution in [2.24, 2.45) is 0 Å². The topological polar surface area (TPSA) is 24.9 Å². The fourth-order valence-electron chi connectivity index (χ4n) is 1.35. The maximum absolute atomic E-state index is 13.2. The summed E-state index contributed by atoms with van der Waals surface area (Å²) in [6, 6.07) is 6.57. The second-order valence-corrected chi connectivity index (χ2v) is 3.42. The van der Waals surface area contributed by atoms with E-state index in [4.69, 9.17) is 0 Å². The third kappa shape index (κ3) is 2.75. The molecule has 1 aromatic carbocycles. The largest absolute Gasteiger partial charge is 0.377 e. The Morgan fingerprint density at radius 1 is 1.00 bits per heavy atom. The van der Waals surface area contributed by atoms with Crippen molar-refractivity contribution in [2.75, 3.05) is 5.32 Å². The average Bonchev–Trinajstić information content (AvgIpc) is 2.33. The number of hydrogen-bond donors (Lipinski definition) is 1. The highest BCUT2D eigenvalue weighted by molar-refractivity contribution is 5.45. The standard InChI is InChI=1S/C12H9F3N2/c13-9-5-11(15)12(6-10(9)14)17-7-8-3-1-2-4-16-8/h1-6,17H,7H2. The lowest BCUT2D eigenvalue weighted by atomic mass is 10.2. The number of halogens is 3. The first-order valence-electron chi connectivity index (χ1n) is 4.95. The lowest BCUT2D eigenvalue weighted by Gasteiger charge is -2.07. The Morgan fingerprint density at radius 3 is 2.47 bits per heavy atom. The van der Waals surface area contributed by atoms with Crippen LogP contribution in [0, 0.1) is 17.5 Å². The van der Waals surface area contributed by atoms with E-state index in [2.05, 4.69) is 10.3 Å². The molecule has 0 saturated heterocycles. The van der Waals surface area contributed by atoms with Crippen molar-refractivity contribution < 1.29 is 13.2 Å². The summed E-state index contributed by atoms with van der Waals surface area (Å²) < 4.78 is 38.8. The zero-order valence-corrected chi connectivity index (χ0v) is 8.75. The molecule has 0 fully saturated rings. The molecule has 0 unspecified atom stereocenters. The van der Waals surface area contributed by atoms with Crippen LogP contribution in [0.15, 0.2) is 36.5 Å². The molecular formula is C12H9F3N2. The van der Waals surface area contributed by atoms with Crippen LogP contribution in [0.5, 0.6) is 0 Å². The number of hydrogen-bond acceptors (Lipinski definition) is 2. The third-order valence-corrected chi connectivity index (χ3v) is 2.20. The molecule has 0 aliphatic rings. The third-order valence-electron chi connectivity index (χ3n) is 2.20. The molecule has 0 atom stereocenters. The van der Waals surface area contributed by atoms with Crippen LogP contribution in [-0.4, -0.2) is 4.98 Å². The molecule has 0 aliphatic heterocycles. The van der Waals surface area contributed by atoms with Gasteiger partial charge in [0.15, 0.2) is 11.6 Å². The van der Waals surface area contributed by atoms with E-state index in [9.17, 15) is 13.2 Å². The van der Waals surface area contributed by atoms with Gasteiger partial charge >= 0.3 is 0 Å². The van der Waals surface area contributed by atoms with Crippen molar-refractivity contribution in [1.82, 2.24) is 4.98 Å². The van der Waals surface area contributed by atoms with Gasteiger partial charge in [0.1, 0.15) is 5.82 Å². The van der Waals surface area contributed by atoms with Gasteiger partial charge in [-0.15, -0.1) is 0 Å². The van der Waals surface area contributed by atoms with Gasteiger partial charge in [0, 0.05) is 18.3 Å². The van der Waals surface area contributed by atoms with Crippen LogP contribution in [0.25, 0.3) is 0 Å². The van der Waals surface area contributed by atoms with Crippen LogP contribution in [0.4, 0.5) is 18.9 Å². The molecule has 0 aliphatic carbocycles. The van der Waals surface area contributed by atoms with E-state index in [1.807, 2.05) is 0 Å². The molecule has 2 nitrogen and oxygen atoms in total. The molecule has 1 N–H and O–H groups in total. The van der Waals surface area contributed by atoms with Gasteiger partial charge in [-0.1, -0.05) is 6.07 Å². The number of pyridine rings is 1. The normalized spacial score (nSPS) is 10.3. The molecule has 2 rings (SSSR count). The summed E-state index contributed by atoms with van der Waals surface area (Å²) in [7, 11) is 0. The summed E-state index contributed by atoms with van der Waals surface area (Å²) in [6.07, 6.45) is 1.60. The predicted molar refractivity (Wildman–Crippen MR) is 57.9 cm³/mol. The highest BCUT2D eigenvalue weighted by Crippen LogP contribution is 2.18. The van der Waals surface area contributed by atoms with Gasteiger partial charge < -0.3 is 5.32 Å². The summed E-state index contributed by atoms with van der Waals surface area (Å²) >= 11 is 0. The number of nitrogens with one attached hydrogen (secondary N) is 1. The van der Waals surface area contributed by atoms with E-state index >= 15 is 0 Å². The molecule has 2 aromatic rings. The van der Waals surface area contributed by atoms with Gasteiger partial charge in [-0.05, 0) is 12.1 Å². The van der Waals surface area contributed by atoms with Gasteiger partial charge in [0.25, 0.3) is 0 Å². The van der Waals surface area contributed by atoms with Gasteiger partial charge in [-0.25, -0.2) is 13.2 Å². The summed E-state index contributed by atoms with van der Waals surface area (Å²) in [5.74, 6) is -3.12. The van der Waals surface area contributed by atoms with Crippen LogP contribution in [0.1, 0.15) is 5.69 Å². The van der Waals surface area contributed by atoms with Crippen LogP contribution in [0.3, 0.4) is 0 Å². The second-order valence-electron chi connectivity index (χ2n) is 3.42. The Morgan fingerprint density at radius 2 is 1.76 bits per heavy atom. The minimum absolute atomic E-state index is 0.0884. The number of aromatic nitrogens is 1. The van der Waals surface area contributed by atoms with Crippen molar-refractivity contribution >= 4 is 5.69 Å². The Hall–Kier alpha value is -2.04. The second kappa shape index (κ2) is 4.86. The molecule has 88 valence electrons. The fraction of sp³-hybridized carbons (Fsp3) is 0.0833. The fourth-order valence-corrected chi connectivity index (χ4v) is 1.35. The van der Waals surface area contributed by atoms with E-state index in [1.54, 1.807) is 24.4 Å². The molecule has 1 aromatic heterocycles. The smallest absolute Gasteiger partial charge is 0.161 e. The Kier molecular flexibility index (Phi) is 3.27. The quantitative estimate of drug-likeness (QED) is 0.831. The van der Waals surface area contributed by atoms with Crippen molar-refractivity contribution in [3.8, 4) is 0 Å². The minimum atomic E-state index is -1.20. The maximum atomic E-state index is 13.2. The van der Waals surface area contributed by atoms with E-state index in [1.165, 1.54) is 0 Å². The Bertz CT molecular complexity index is 515. The molecule has 0 radical (unpaired) electrons. The highest BCUT2D eigenvalue weighted by atomic mass is 19.2. The van der Waals surface area contributed by atoms with Crippen molar-refractivity contribution in [1.29, 1.82) is 0 Å². The minimum Gasteiger partial charge on any atom is -0.377 e. The van der Waals surface area contributed by atoms with Gasteiger partial charge in [0.05, 0.1) is 17.9 Å². The monoisotopic (exact) mass is 238 g/mol. The van der Waals surface area contributed by atoms with Gasteiger partial charge in [-0.3, -0.25) is 4.98 Å². The lowest BCUT2D eigenvalue weighted by molar-refractivity contribution is 0.496. The van der Waals surface area contributed by atoms with Crippen molar-refractivity contribution in [3.63, 3.8) is 0 Å². The summed E-state index contributed by atoms with van der Waals surface area (Å²) in [6.45, 7) is 0.239. The van der Waals surface area contributed by atoms with Crippen LogP contribution >= 0.6 is 0 Å². The lowest BCUT2D eigenvalue weighted by Crippen LogP contribution is -2.04. The first kappa shape index (κ1) is 11.4. The average molecular weight is 238 g/mol. The van der Waals surface area contributed by atoms with Crippen molar-refractivity contribution in [2.45, 2.75) is 6.54 Å². The van der Waals surface area contributed by atoms with Crippen LogP contribution in [-0.2, 0) is 6.54 Å². The van der Waals surface area contributed by atoms with Gasteiger partial charge in [0.2, 0.25) is 0 Å². The first-order chi connectivity index (χ1) is 8.16. The summed E-state index contributed by atoms with van der Waals surface area (Å²) in [4.78, 5) is 4.01. The number of anilines is 1. The summed E-state index contributed by atoms with van der Waals surface area (Å²) in [5.41, 5.74) is 0.589. The molecule has 0 amide bonds. The molecule has 0 bridgehead atoms. The molecule has 0 spiro atoms. The van der Waals surface area contributed by atoms with Crippen LogP contribution < -0.4 is 5.32 Å². The number of nitrogens with zero attached hydrogens (tertiary/aromatic N) is 1.